The second-order valence-corrected chi connectivity index (χ2v) is 7.37. The van der Waals surface area contributed by atoms with Gasteiger partial charge < -0.3 is 19.7 Å². The maximum absolute atomic E-state index is 12.3. The first-order valence-corrected chi connectivity index (χ1v) is 10.6. The van der Waals surface area contributed by atoms with Gasteiger partial charge in [0.2, 0.25) is 5.91 Å². The molecule has 0 bridgehead atoms. The summed E-state index contributed by atoms with van der Waals surface area (Å²) in [7, 11) is 0. The lowest BCUT2D eigenvalue weighted by Crippen LogP contribution is -2.37. The summed E-state index contributed by atoms with van der Waals surface area (Å²) in [6, 6.07) is 16.7. The topological polar surface area (TPSA) is 84.9 Å². The fourth-order valence-electron chi connectivity index (χ4n) is 3.48. The lowest BCUT2D eigenvalue weighted by Gasteiger charge is -2.17. The monoisotopic (exact) mass is 424 g/mol. The summed E-state index contributed by atoms with van der Waals surface area (Å²) in [6.07, 6.45) is 1.93. The molecular weight excluding hydrogens is 396 g/mol. The number of nitrogens with zero attached hydrogens (tertiary/aromatic N) is 1. The molecule has 2 aromatic rings. The molecule has 1 unspecified atom stereocenters. The van der Waals surface area contributed by atoms with E-state index in [2.05, 4.69) is 5.32 Å². The summed E-state index contributed by atoms with van der Waals surface area (Å²) in [4.78, 5) is 38.1. The largest absolute Gasteiger partial charge is 0.484 e. The van der Waals surface area contributed by atoms with Gasteiger partial charge in [-0.05, 0) is 49.6 Å². The third-order valence-corrected chi connectivity index (χ3v) is 5.08. The molecule has 2 amide bonds. The van der Waals surface area contributed by atoms with Crippen LogP contribution in [0.4, 0.5) is 5.69 Å². The molecule has 1 atom stereocenters. The van der Waals surface area contributed by atoms with Gasteiger partial charge in [-0.3, -0.25) is 14.4 Å². The molecule has 0 saturated carbocycles. The highest BCUT2D eigenvalue weighted by molar-refractivity contribution is 5.95. The molecule has 1 aliphatic rings. The van der Waals surface area contributed by atoms with Crippen LogP contribution in [0.1, 0.15) is 25.3 Å². The number of amides is 2. The van der Waals surface area contributed by atoms with E-state index in [0.29, 0.717) is 25.2 Å². The van der Waals surface area contributed by atoms with Gasteiger partial charge in [-0.2, -0.15) is 0 Å². The van der Waals surface area contributed by atoms with Crippen LogP contribution in [0.5, 0.6) is 5.75 Å². The third kappa shape index (κ3) is 6.57. The van der Waals surface area contributed by atoms with E-state index in [1.807, 2.05) is 42.5 Å². The van der Waals surface area contributed by atoms with Gasteiger partial charge in [0, 0.05) is 25.2 Å². The fraction of sp³-hybridized carbons (Fsp3) is 0.375. The quantitative estimate of drug-likeness (QED) is 0.593. The van der Waals surface area contributed by atoms with Crippen LogP contribution in [0.3, 0.4) is 0 Å². The van der Waals surface area contributed by atoms with Crippen LogP contribution in [-0.4, -0.2) is 44.1 Å². The normalized spacial score (nSPS) is 14.2. The van der Waals surface area contributed by atoms with Crippen molar-refractivity contribution in [1.29, 1.82) is 0 Å². The number of benzene rings is 2. The number of carbonyl (C=O) groups is 3. The molecule has 0 aliphatic carbocycles. The van der Waals surface area contributed by atoms with E-state index in [9.17, 15) is 14.4 Å². The second-order valence-electron chi connectivity index (χ2n) is 7.37. The standard InChI is InChI=1S/C24H28N2O5/c1-2-30-24(29)19(15-18-7-4-3-5-8-18)16-25-22(27)17-31-21-12-10-20(11-13-21)26-14-6-9-23(26)28/h3-5,7-8,10-13,19H,2,6,9,14-17H2,1H3,(H,25,27). The van der Waals surface area contributed by atoms with E-state index in [4.69, 9.17) is 9.47 Å². The van der Waals surface area contributed by atoms with Crippen LogP contribution in [0.2, 0.25) is 0 Å². The number of hydrogen-bond donors (Lipinski definition) is 1. The minimum atomic E-state index is -0.469. The molecule has 0 aromatic heterocycles. The molecular formula is C24H28N2O5. The van der Waals surface area contributed by atoms with Crippen molar-refractivity contribution in [3.8, 4) is 5.75 Å². The number of nitrogens with one attached hydrogen (secondary N) is 1. The number of rotatable bonds is 10. The van der Waals surface area contributed by atoms with Gasteiger partial charge in [0.25, 0.3) is 5.91 Å². The van der Waals surface area contributed by atoms with Gasteiger partial charge in [0.05, 0.1) is 12.5 Å². The van der Waals surface area contributed by atoms with Gasteiger partial charge in [-0.15, -0.1) is 0 Å². The average molecular weight is 424 g/mol. The van der Waals surface area contributed by atoms with Crippen LogP contribution in [0, 0.1) is 5.92 Å². The number of ether oxygens (including phenoxy) is 2. The Morgan fingerprint density at radius 1 is 1.10 bits per heavy atom. The molecule has 31 heavy (non-hydrogen) atoms. The van der Waals surface area contributed by atoms with Crippen LogP contribution >= 0.6 is 0 Å². The first-order valence-electron chi connectivity index (χ1n) is 10.6. The Morgan fingerprint density at radius 2 is 1.84 bits per heavy atom. The molecule has 7 nitrogen and oxygen atoms in total. The number of hydrogen-bond acceptors (Lipinski definition) is 5. The summed E-state index contributed by atoms with van der Waals surface area (Å²) < 4.78 is 10.7. The van der Waals surface area contributed by atoms with Crippen molar-refractivity contribution >= 4 is 23.5 Å². The van der Waals surface area contributed by atoms with Crippen LogP contribution in [0.15, 0.2) is 54.6 Å². The molecule has 3 rings (SSSR count). The van der Waals surface area contributed by atoms with E-state index in [1.54, 1.807) is 24.0 Å². The average Bonchev–Trinajstić information content (AvgIpc) is 3.22. The van der Waals surface area contributed by atoms with Crippen LogP contribution < -0.4 is 15.0 Å². The fourth-order valence-corrected chi connectivity index (χ4v) is 3.48. The Labute approximate surface area is 182 Å². The van der Waals surface area contributed by atoms with Crippen molar-refractivity contribution in [3.05, 3.63) is 60.2 Å². The van der Waals surface area contributed by atoms with Crippen molar-refractivity contribution in [2.75, 3.05) is 31.2 Å². The molecule has 0 radical (unpaired) electrons. The number of anilines is 1. The van der Waals surface area contributed by atoms with E-state index in [0.717, 1.165) is 24.2 Å². The predicted octanol–water partition coefficient (Wildman–Crippen LogP) is 2.73. The summed E-state index contributed by atoms with van der Waals surface area (Å²) in [5.74, 6) is -0.458. The van der Waals surface area contributed by atoms with Crippen molar-refractivity contribution in [2.24, 2.45) is 5.92 Å². The van der Waals surface area contributed by atoms with Gasteiger partial charge in [-0.25, -0.2) is 0 Å². The molecule has 1 heterocycles. The molecule has 1 fully saturated rings. The van der Waals surface area contributed by atoms with Gasteiger partial charge >= 0.3 is 5.97 Å². The maximum Gasteiger partial charge on any atom is 0.311 e. The van der Waals surface area contributed by atoms with Crippen molar-refractivity contribution in [3.63, 3.8) is 0 Å². The first-order chi connectivity index (χ1) is 15.1. The summed E-state index contributed by atoms with van der Waals surface area (Å²) in [6.45, 7) is 2.79. The smallest absolute Gasteiger partial charge is 0.311 e. The molecule has 1 saturated heterocycles. The van der Waals surface area contributed by atoms with Gasteiger partial charge in [0.1, 0.15) is 5.75 Å². The minimum Gasteiger partial charge on any atom is -0.484 e. The van der Waals surface area contributed by atoms with Gasteiger partial charge in [-0.1, -0.05) is 30.3 Å². The minimum absolute atomic E-state index is 0.125. The molecule has 1 N–H and O–H groups in total. The highest BCUT2D eigenvalue weighted by atomic mass is 16.5. The van der Waals surface area contributed by atoms with Gasteiger partial charge in [0.15, 0.2) is 6.61 Å². The van der Waals surface area contributed by atoms with Crippen LogP contribution in [-0.2, 0) is 25.5 Å². The molecule has 1 aliphatic heterocycles. The first kappa shape index (κ1) is 22.3. The SMILES string of the molecule is CCOC(=O)C(CNC(=O)COc1ccc(N2CCCC2=O)cc1)Cc1ccccc1. The zero-order valence-electron chi connectivity index (χ0n) is 17.7. The van der Waals surface area contributed by atoms with Crippen LogP contribution in [0.25, 0.3) is 0 Å². The highest BCUT2D eigenvalue weighted by Crippen LogP contribution is 2.23. The van der Waals surface area contributed by atoms with E-state index < -0.39 is 5.92 Å². The Morgan fingerprint density at radius 3 is 2.48 bits per heavy atom. The highest BCUT2D eigenvalue weighted by Gasteiger charge is 2.22. The molecule has 0 spiro atoms. The van der Waals surface area contributed by atoms with Crippen molar-refractivity contribution in [2.45, 2.75) is 26.2 Å². The summed E-state index contributed by atoms with van der Waals surface area (Å²) in [5.41, 5.74) is 1.83. The Balaban J connectivity index is 1.48. The molecule has 7 heteroatoms. The Hall–Kier alpha value is -3.35. The third-order valence-electron chi connectivity index (χ3n) is 5.08. The zero-order chi connectivity index (χ0) is 22.1. The Kier molecular flexibility index (Phi) is 8.04. The predicted molar refractivity (Wildman–Crippen MR) is 117 cm³/mol. The lowest BCUT2D eigenvalue weighted by atomic mass is 9.99. The van der Waals surface area contributed by atoms with E-state index >= 15 is 0 Å². The summed E-state index contributed by atoms with van der Waals surface area (Å²) in [5, 5.41) is 2.76. The van der Waals surface area contributed by atoms with E-state index in [-0.39, 0.29) is 30.9 Å². The number of esters is 1. The second kappa shape index (κ2) is 11.2. The van der Waals surface area contributed by atoms with Crippen molar-refractivity contribution < 1.29 is 23.9 Å². The zero-order valence-corrected chi connectivity index (χ0v) is 17.7. The lowest BCUT2D eigenvalue weighted by molar-refractivity contribution is -0.148. The maximum atomic E-state index is 12.3. The molecule has 2 aromatic carbocycles. The summed E-state index contributed by atoms with van der Waals surface area (Å²) >= 11 is 0. The number of carbonyl (C=O) groups excluding carboxylic acids is 3. The Bertz CT molecular complexity index is 883. The molecule has 164 valence electrons. The van der Waals surface area contributed by atoms with Crippen molar-refractivity contribution in [1.82, 2.24) is 5.32 Å². The van der Waals surface area contributed by atoms with E-state index in [1.165, 1.54) is 0 Å².